The van der Waals surface area contributed by atoms with Crippen molar-refractivity contribution in [3.63, 3.8) is 0 Å². The molecule has 0 aliphatic rings. The van der Waals surface area contributed by atoms with Crippen LogP contribution in [0.4, 0.5) is 5.69 Å². The maximum absolute atomic E-state index is 11.3. The summed E-state index contributed by atoms with van der Waals surface area (Å²) in [5.41, 5.74) is 7.49. The second-order valence-corrected chi connectivity index (χ2v) is 4.85. The van der Waals surface area contributed by atoms with E-state index >= 15 is 0 Å². The molecule has 0 radical (unpaired) electrons. The second kappa shape index (κ2) is 3.45. The van der Waals surface area contributed by atoms with Crippen molar-refractivity contribution in [1.82, 2.24) is 0 Å². The summed E-state index contributed by atoms with van der Waals surface area (Å²) in [6.45, 7) is 0. The molecule has 19 heavy (non-hydrogen) atoms. The fourth-order valence-electron chi connectivity index (χ4n) is 2.96. The number of rotatable bonds is 1. The maximum atomic E-state index is 11.3. The standard InChI is InChI=1S/C17H11NO/c18-15-7-6-11-5-4-10-2-1-3-13-12(9-19)8-14(15)17(11)16(10)13/h1-9H,18H2. The van der Waals surface area contributed by atoms with E-state index in [1.165, 1.54) is 0 Å². The van der Waals surface area contributed by atoms with Crippen LogP contribution in [0.2, 0.25) is 0 Å². The molecule has 4 aromatic rings. The number of hydrogen-bond donors (Lipinski definition) is 1. The average Bonchev–Trinajstić information content (AvgIpc) is 2.46. The Morgan fingerprint density at radius 3 is 2.32 bits per heavy atom. The predicted octanol–water partition coefficient (Wildman–Crippen LogP) is 3.98. The van der Waals surface area contributed by atoms with Crippen LogP contribution in [-0.4, -0.2) is 6.29 Å². The van der Waals surface area contributed by atoms with E-state index in [0.717, 1.165) is 38.6 Å². The van der Waals surface area contributed by atoms with Gasteiger partial charge in [-0.15, -0.1) is 0 Å². The zero-order valence-corrected chi connectivity index (χ0v) is 10.2. The van der Waals surface area contributed by atoms with Crippen LogP contribution >= 0.6 is 0 Å². The van der Waals surface area contributed by atoms with Gasteiger partial charge in [0.05, 0.1) is 0 Å². The van der Waals surface area contributed by atoms with Crippen LogP contribution in [0.5, 0.6) is 0 Å². The summed E-state index contributed by atoms with van der Waals surface area (Å²) in [6, 6.07) is 16.1. The number of nitrogen functional groups attached to an aromatic ring is 1. The van der Waals surface area contributed by atoms with E-state index in [-0.39, 0.29) is 0 Å². The van der Waals surface area contributed by atoms with Crippen LogP contribution in [0.3, 0.4) is 0 Å². The van der Waals surface area contributed by atoms with E-state index < -0.39 is 0 Å². The van der Waals surface area contributed by atoms with Crippen LogP contribution in [0.15, 0.2) is 48.5 Å². The molecule has 90 valence electrons. The van der Waals surface area contributed by atoms with E-state index in [2.05, 4.69) is 18.2 Å². The van der Waals surface area contributed by atoms with Crippen molar-refractivity contribution in [3.8, 4) is 0 Å². The Balaban J connectivity index is 2.47. The highest BCUT2D eigenvalue weighted by Gasteiger charge is 2.12. The fraction of sp³-hybridized carbons (Fsp3) is 0. The van der Waals surface area contributed by atoms with Crippen molar-refractivity contribution in [2.45, 2.75) is 0 Å². The molecule has 2 heteroatoms. The van der Waals surface area contributed by atoms with Gasteiger partial charge in [-0.3, -0.25) is 4.79 Å². The van der Waals surface area contributed by atoms with Crippen LogP contribution in [0.1, 0.15) is 10.4 Å². The van der Waals surface area contributed by atoms with E-state index in [1.807, 2.05) is 30.3 Å². The lowest BCUT2D eigenvalue weighted by atomic mass is 9.91. The minimum atomic E-state index is 0.698. The Morgan fingerprint density at radius 1 is 0.842 bits per heavy atom. The molecule has 0 aromatic heterocycles. The molecular formula is C17H11NO. The van der Waals surface area contributed by atoms with Crippen LogP contribution in [0.25, 0.3) is 32.3 Å². The van der Waals surface area contributed by atoms with E-state index in [9.17, 15) is 4.79 Å². The summed E-state index contributed by atoms with van der Waals surface area (Å²) in [5, 5.41) is 6.54. The molecule has 2 N–H and O–H groups in total. The molecule has 0 atom stereocenters. The molecular weight excluding hydrogens is 234 g/mol. The van der Waals surface area contributed by atoms with Gasteiger partial charge in [-0.25, -0.2) is 0 Å². The lowest BCUT2D eigenvalue weighted by molar-refractivity contribution is 0.112. The fourth-order valence-corrected chi connectivity index (χ4v) is 2.96. The monoisotopic (exact) mass is 245 g/mol. The highest BCUT2D eigenvalue weighted by molar-refractivity contribution is 6.27. The van der Waals surface area contributed by atoms with Gasteiger partial charge in [-0.1, -0.05) is 36.4 Å². The summed E-state index contributed by atoms with van der Waals surface area (Å²) >= 11 is 0. The molecule has 0 saturated carbocycles. The molecule has 0 unspecified atom stereocenters. The van der Waals surface area contributed by atoms with Crippen LogP contribution < -0.4 is 5.73 Å². The predicted molar refractivity (Wildman–Crippen MR) is 79.9 cm³/mol. The molecule has 2 nitrogen and oxygen atoms in total. The van der Waals surface area contributed by atoms with Crippen molar-refractivity contribution >= 4 is 44.3 Å². The van der Waals surface area contributed by atoms with Gasteiger partial charge in [0.25, 0.3) is 0 Å². The third-order valence-corrected chi connectivity index (χ3v) is 3.84. The van der Waals surface area contributed by atoms with Crippen molar-refractivity contribution in [2.24, 2.45) is 0 Å². The Morgan fingerprint density at radius 2 is 1.53 bits per heavy atom. The van der Waals surface area contributed by atoms with Gasteiger partial charge in [0.1, 0.15) is 0 Å². The van der Waals surface area contributed by atoms with Crippen molar-refractivity contribution in [3.05, 3.63) is 54.1 Å². The molecule has 0 bridgehead atoms. The highest BCUT2D eigenvalue weighted by Crippen LogP contribution is 2.38. The molecule has 0 spiro atoms. The van der Waals surface area contributed by atoms with Gasteiger partial charge in [0.15, 0.2) is 6.29 Å². The summed E-state index contributed by atoms with van der Waals surface area (Å²) in [5.74, 6) is 0. The normalized spacial score (nSPS) is 11.6. The molecule has 0 aliphatic carbocycles. The lowest BCUT2D eigenvalue weighted by Gasteiger charge is -2.13. The Kier molecular flexibility index (Phi) is 1.88. The zero-order chi connectivity index (χ0) is 13.0. The van der Waals surface area contributed by atoms with Gasteiger partial charge >= 0.3 is 0 Å². The second-order valence-electron chi connectivity index (χ2n) is 4.85. The molecule has 0 heterocycles. The SMILES string of the molecule is Nc1ccc2ccc3cccc4c(C=O)cc1c2c34. The van der Waals surface area contributed by atoms with Gasteiger partial charge in [0.2, 0.25) is 0 Å². The first-order chi connectivity index (χ1) is 9.29. The van der Waals surface area contributed by atoms with Gasteiger partial charge in [-0.05, 0) is 39.1 Å². The number of carbonyl (C=O) groups is 1. The average molecular weight is 245 g/mol. The molecule has 4 rings (SSSR count). The largest absolute Gasteiger partial charge is 0.398 e. The highest BCUT2D eigenvalue weighted by atomic mass is 16.1. The number of hydrogen-bond acceptors (Lipinski definition) is 2. The minimum absolute atomic E-state index is 0.698. The third-order valence-electron chi connectivity index (χ3n) is 3.84. The maximum Gasteiger partial charge on any atom is 0.150 e. The first-order valence-electron chi connectivity index (χ1n) is 6.21. The smallest absolute Gasteiger partial charge is 0.150 e. The van der Waals surface area contributed by atoms with Crippen molar-refractivity contribution in [2.75, 3.05) is 5.73 Å². The van der Waals surface area contributed by atoms with Crippen molar-refractivity contribution < 1.29 is 4.79 Å². The third kappa shape index (κ3) is 1.23. The van der Waals surface area contributed by atoms with E-state index in [0.29, 0.717) is 11.3 Å². The number of aldehydes is 1. The molecule has 0 saturated heterocycles. The lowest BCUT2D eigenvalue weighted by Crippen LogP contribution is -1.93. The molecule has 0 amide bonds. The summed E-state index contributed by atoms with van der Waals surface area (Å²) in [6.07, 6.45) is 0.906. The number of carbonyl (C=O) groups excluding carboxylic acids is 1. The Labute approximate surface area is 109 Å². The first-order valence-corrected chi connectivity index (χ1v) is 6.21. The zero-order valence-electron chi connectivity index (χ0n) is 10.2. The van der Waals surface area contributed by atoms with Crippen molar-refractivity contribution in [1.29, 1.82) is 0 Å². The van der Waals surface area contributed by atoms with E-state index in [1.54, 1.807) is 0 Å². The minimum Gasteiger partial charge on any atom is -0.398 e. The Bertz CT molecular complexity index is 940. The van der Waals surface area contributed by atoms with Gasteiger partial charge < -0.3 is 5.73 Å². The van der Waals surface area contributed by atoms with Gasteiger partial charge in [0, 0.05) is 16.6 Å². The number of anilines is 1. The molecule has 4 aromatic carbocycles. The topological polar surface area (TPSA) is 43.1 Å². The van der Waals surface area contributed by atoms with Gasteiger partial charge in [-0.2, -0.15) is 0 Å². The van der Waals surface area contributed by atoms with Crippen LogP contribution in [-0.2, 0) is 0 Å². The molecule has 0 aliphatic heterocycles. The summed E-state index contributed by atoms with van der Waals surface area (Å²) < 4.78 is 0. The van der Waals surface area contributed by atoms with Crippen LogP contribution in [0, 0.1) is 0 Å². The Hall–Kier alpha value is -2.61. The summed E-state index contributed by atoms with van der Waals surface area (Å²) in [7, 11) is 0. The number of benzene rings is 4. The molecule has 0 fully saturated rings. The van der Waals surface area contributed by atoms with E-state index in [4.69, 9.17) is 5.73 Å². The quantitative estimate of drug-likeness (QED) is 0.313. The number of nitrogens with two attached hydrogens (primary N) is 1. The first kappa shape index (κ1) is 10.3. The summed E-state index contributed by atoms with van der Waals surface area (Å²) in [4.78, 5) is 11.3.